The van der Waals surface area contributed by atoms with Gasteiger partial charge in [0.15, 0.2) is 17.1 Å². The molecule has 0 saturated carbocycles. The minimum absolute atomic E-state index is 0.163. The first-order valence-corrected chi connectivity index (χ1v) is 10.6. The lowest BCUT2D eigenvalue weighted by Crippen LogP contribution is -2.10. The summed E-state index contributed by atoms with van der Waals surface area (Å²) in [6.45, 7) is 2.32. The number of benzene rings is 2. The lowest BCUT2D eigenvalue weighted by atomic mass is 10.2. The van der Waals surface area contributed by atoms with Crippen LogP contribution in [-0.4, -0.2) is 48.4 Å². The molecule has 2 heterocycles. The molecule has 33 heavy (non-hydrogen) atoms. The van der Waals surface area contributed by atoms with Gasteiger partial charge in [0.2, 0.25) is 5.75 Å². The Morgan fingerprint density at radius 1 is 1.00 bits per heavy atom. The van der Waals surface area contributed by atoms with Crippen LogP contribution in [0, 0.1) is 0 Å². The minimum Gasteiger partial charge on any atom is -0.493 e. The van der Waals surface area contributed by atoms with Gasteiger partial charge in [0.05, 0.1) is 44.7 Å². The summed E-state index contributed by atoms with van der Waals surface area (Å²) in [6, 6.07) is 10.9. The molecule has 172 valence electrons. The molecule has 9 nitrogen and oxygen atoms in total. The molecule has 4 rings (SSSR count). The molecule has 2 N–H and O–H groups in total. The predicted molar refractivity (Wildman–Crippen MR) is 126 cm³/mol. The van der Waals surface area contributed by atoms with Crippen molar-refractivity contribution in [2.45, 2.75) is 19.8 Å². The van der Waals surface area contributed by atoms with E-state index in [1.807, 2.05) is 31.2 Å². The number of rotatable bonds is 8. The third kappa shape index (κ3) is 3.86. The van der Waals surface area contributed by atoms with E-state index in [4.69, 9.17) is 34.6 Å². The number of hydrogen-bond acceptors (Lipinski definition) is 8. The number of esters is 1. The average Bonchev–Trinajstić information content (AvgIpc) is 3.12. The number of hydrogen-bond donors (Lipinski definition) is 1. The molecule has 0 radical (unpaired) electrons. The van der Waals surface area contributed by atoms with Crippen LogP contribution < -0.4 is 19.9 Å². The fourth-order valence-corrected chi connectivity index (χ4v) is 3.70. The summed E-state index contributed by atoms with van der Waals surface area (Å²) in [4.78, 5) is 22.5. The molecule has 0 atom stereocenters. The first-order valence-electron chi connectivity index (χ1n) is 10.6. The van der Waals surface area contributed by atoms with Gasteiger partial charge in [-0.3, -0.25) is 4.57 Å². The molecular formula is C24H26N4O5. The second kappa shape index (κ2) is 9.23. The van der Waals surface area contributed by atoms with Gasteiger partial charge in [0.1, 0.15) is 16.9 Å². The third-order valence-corrected chi connectivity index (χ3v) is 5.34. The molecular weight excluding hydrogens is 424 g/mol. The summed E-state index contributed by atoms with van der Waals surface area (Å²) in [6.07, 6.45) is 1.66. The normalized spacial score (nSPS) is 11.0. The van der Waals surface area contributed by atoms with Crippen molar-refractivity contribution in [1.82, 2.24) is 14.5 Å². The summed E-state index contributed by atoms with van der Waals surface area (Å²) < 4.78 is 23.5. The van der Waals surface area contributed by atoms with E-state index in [1.54, 1.807) is 16.7 Å². The van der Waals surface area contributed by atoms with Crippen LogP contribution in [0.5, 0.6) is 17.2 Å². The number of nitrogens with zero attached hydrogens (tertiary/aromatic N) is 3. The van der Waals surface area contributed by atoms with Crippen LogP contribution in [0.15, 0.2) is 36.4 Å². The van der Waals surface area contributed by atoms with E-state index < -0.39 is 5.97 Å². The Kier molecular flexibility index (Phi) is 6.21. The number of fused-ring (bicyclic) bond motifs is 2. The molecule has 0 unspecified atom stereocenters. The highest BCUT2D eigenvalue weighted by Gasteiger charge is 2.27. The fourth-order valence-electron chi connectivity index (χ4n) is 3.70. The van der Waals surface area contributed by atoms with Gasteiger partial charge < -0.3 is 24.7 Å². The number of carbonyl (C=O) groups is 1. The van der Waals surface area contributed by atoms with Crippen molar-refractivity contribution in [2.24, 2.45) is 0 Å². The van der Waals surface area contributed by atoms with E-state index in [0.29, 0.717) is 51.7 Å². The molecule has 0 aliphatic heterocycles. The summed E-state index contributed by atoms with van der Waals surface area (Å²) in [7, 11) is 4.59. The number of unbranched alkanes of at least 4 members (excludes halogenated alkanes) is 1. The SMILES string of the molecule is CCCCOC(=O)c1c(N)n(-c2cc(OC)c(OC)c(OC)c2)c2nc3ccccc3nc12. The number of para-hydroxylation sites is 2. The average molecular weight is 450 g/mol. The highest BCUT2D eigenvalue weighted by Crippen LogP contribution is 2.41. The zero-order valence-electron chi connectivity index (χ0n) is 19.0. The van der Waals surface area contributed by atoms with Crippen LogP contribution in [0.4, 0.5) is 5.82 Å². The molecule has 2 aromatic heterocycles. The molecule has 0 aliphatic carbocycles. The third-order valence-electron chi connectivity index (χ3n) is 5.34. The van der Waals surface area contributed by atoms with Crippen molar-refractivity contribution in [2.75, 3.05) is 33.7 Å². The lowest BCUT2D eigenvalue weighted by Gasteiger charge is -2.15. The quantitative estimate of drug-likeness (QED) is 0.315. The molecule has 0 amide bonds. The van der Waals surface area contributed by atoms with Crippen LogP contribution >= 0.6 is 0 Å². The van der Waals surface area contributed by atoms with E-state index in [1.165, 1.54) is 21.3 Å². The zero-order chi connectivity index (χ0) is 23.5. The van der Waals surface area contributed by atoms with Crippen LogP contribution in [0.25, 0.3) is 27.9 Å². The maximum atomic E-state index is 13.0. The summed E-state index contributed by atoms with van der Waals surface area (Å²) >= 11 is 0. The van der Waals surface area contributed by atoms with Gasteiger partial charge in [-0.05, 0) is 18.6 Å². The second-order valence-corrected chi connectivity index (χ2v) is 7.35. The monoisotopic (exact) mass is 450 g/mol. The topological polar surface area (TPSA) is 111 Å². The van der Waals surface area contributed by atoms with Crippen molar-refractivity contribution in [3.8, 4) is 22.9 Å². The van der Waals surface area contributed by atoms with Gasteiger partial charge >= 0.3 is 5.97 Å². The Morgan fingerprint density at radius 2 is 1.64 bits per heavy atom. The Hall–Kier alpha value is -4.01. The van der Waals surface area contributed by atoms with Crippen molar-refractivity contribution in [1.29, 1.82) is 0 Å². The van der Waals surface area contributed by atoms with E-state index in [-0.39, 0.29) is 11.4 Å². The van der Waals surface area contributed by atoms with Crippen molar-refractivity contribution in [3.05, 3.63) is 42.0 Å². The molecule has 0 saturated heterocycles. The number of aromatic nitrogens is 3. The van der Waals surface area contributed by atoms with E-state index >= 15 is 0 Å². The van der Waals surface area contributed by atoms with Crippen molar-refractivity contribution in [3.63, 3.8) is 0 Å². The number of methoxy groups -OCH3 is 3. The standard InChI is InChI=1S/C24H26N4O5/c1-5-6-11-33-24(29)19-20-23(27-16-10-8-7-9-15(16)26-20)28(22(19)25)14-12-17(30-2)21(32-4)18(13-14)31-3/h7-10,12-13H,5-6,11,25H2,1-4H3. The summed E-state index contributed by atoms with van der Waals surface area (Å²) in [5.74, 6) is 0.940. The first kappa shape index (κ1) is 22.2. The molecule has 9 heteroatoms. The lowest BCUT2D eigenvalue weighted by molar-refractivity contribution is 0.0503. The van der Waals surface area contributed by atoms with Crippen LogP contribution in [0.1, 0.15) is 30.1 Å². The van der Waals surface area contributed by atoms with Gasteiger partial charge in [-0.25, -0.2) is 14.8 Å². The van der Waals surface area contributed by atoms with E-state index in [0.717, 1.165) is 12.8 Å². The minimum atomic E-state index is -0.540. The number of carbonyl (C=O) groups excluding carboxylic acids is 1. The Labute approximate surface area is 191 Å². The van der Waals surface area contributed by atoms with Gasteiger partial charge in [-0.15, -0.1) is 0 Å². The molecule has 0 aliphatic rings. The molecule has 0 spiro atoms. The smallest absolute Gasteiger partial charge is 0.344 e. The second-order valence-electron chi connectivity index (χ2n) is 7.35. The maximum Gasteiger partial charge on any atom is 0.344 e. The van der Waals surface area contributed by atoms with Gasteiger partial charge in [-0.2, -0.15) is 0 Å². The van der Waals surface area contributed by atoms with Crippen molar-refractivity contribution < 1.29 is 23.7 Å². The predicted octanol–water partition coefficient (Wildman–Crippen LogP) is 4.14. The Morgan fingerprint density at radius 3 is 2.21 bits per heavy atom. The van der Waals surface area contributed by atoms with E-state index in [9.17, 15) is 4.79 Å². The molecule has 4 aromatic rings. The fraction of sp³-hybridized carbons (Fsp3) is 0.292. The highest BCUT2D eigenvalue weighted by atomic mass is 16.5. The molecule has 0 bridgehead atoms. The van der Waals surface area contributed by atoms with Crippen LogP contribution in [0.3, 0.4) is 0 Å². The Balaban J connectivity index is 2.01. The van der Waals surface area contributed by atoms with E-state index in [2.05, 4.69) is 0 Å². The zero-order valence-corrected chi connectivity index (χ0v) is 19.0. The van der Waals surface area contributed by atoms with Crippen LogP contribution in [-0.2, 0) is 4.74 Å². The number of nitrogen functional groups attached to an aromatic ring is 1. The summed E-state index contributed by atoms with van der Waals surface area (Å²) in [5, 5.41) is 0. The first-order chi connectivity index (χ1) is 16.0. The summed E-state index contributed by atoms with van der Waals surface area (Å²) in [5.41, 5.74) is 9.38. The largest absolute Gasteiger partial charge is 0.493 e. The van der Waals surface area contributed by atoms with Gasteiger partial charge in [0.25, 0.3) is 0 Å². The molecule has 2 aromatic carbocycles. The number of anilines is 1. The molecule has 0 fully saturated rings. The highest BCUT2D eigenvalue weighted by molar-refractivity contribution is 6.09. The van der Waals surface area contributed by atoms with Crippen LogP contribution in [0.2, 0.25) is 0 Å². The maximum absolute atomic E-state index is 13.0. The number of ether oxygens (including phenoxy) is 4. The van der Waals surface area contributed by atoms with Gasteiger partial charge in [-0.1, -0.05) is 25.5 Å². The van der Waals surface area contributed by atoms with Crippen molar-refractivity contribution >= 4 is 34.0 Å². The van der Waals surface area contributed by atoms with Gasteiger partial charge in [0, 0.05) is 12.1 Å². The Bertz CT molecular complexity index is 1310. The number of nitrogens with two attached hydrogens (primary N) is 1.